The fourth-order valence-corrected chi connectivity index (χ4v) is 1.67. The normalized spacial score (nSPS) is 13.7. The predicted molar refractivity (Wildman–Crippen MR) is 75.6 cm³/mol. The summed E-state index contributed by atoms with van der Waals surface area (Å²) in [6.45, 7) is 12.3. The van der Waals surface area contributed by atoms with Gasteiger partial charge >= 0.3 is 5.97 Å². The first-order valence-electron chi connectivity index (χ1n) is 6.44. The molecule has 4 heteroatoms. The lowest BCUT2D eigenvalue weighted by Gasteiger charge is -2.28. The van der Waals surface area contributed by atoms with Gasteiger partial charge in [-0.2, -0.15) is 0 Å². The Hall–Kier alpha value is -1.13. The van der Waals surface area contributed by atoms with Gasteiger partial charge in [0.2, 0.25) is 0 Å². The number of hydrogen-bond acceptors (Lipinski definition) is 4. The third-order valence-corrected chi connectivity index (χ3v) is 2.68. The summed E-state index contributed by atoms with van der Waals surface area (Å²) in [4.78, 5) is 11.6. The van der Waals surface area contributed by atoms with Crippen LogP contribution < -0.4 is 0 Å². The first-order valence-corrected chi connectivity index (χ1v) is 6.44. The molecule has 0 fully saturated rings. The minimum atomic E-state index is -1.09. The smallest absolute Gasteiger partial charge is 0.311 e. The van der Waals surface area contributed by atoms with Crippen molar-refractivity contribution >= 4 is 5.97 Å². The first-order chi connectivity index (χ1) is 8.64. The van der Waals surface area contributed by atoms with Crippen LogP contribution in [0.15, 0.2) is 25.3 Å². The van der Waals surface area contributed by atoms with Crippen LogP contribution in [0.4, 0.5) is 0 Å². The third kappa shape index (κ3) is 7.13. The second-order valence-electron chi connectivity index (χ2n) is 5.92. The summed E-state index contributed by atoms with van der Waals surface area (Å²) in [6.07, 6.45) is 3.10. The average molecular weight is 270 g/mol. The average Bonchev–Trinajstić information content (AvgIpc) is 2.24. The molecule has 0 unspecified atom stereocenters. The number of aliphatic hydroxyl groups excluding tert-OH is 1. The van der Waals surface area contributed by atoms with Crippen molar-refractivity contribution in [3.8, 4) is 0 Å². The molecule has 0 aliphatic heterocycles. The molecule has 0 aliphatic rings. The molecule has 0 amide bonds. The van der Waals surface area contributed by atoms with Gasteiger partial charge in [0, 0.05) is 6.42 Å². The molecule has 0 radical (unpaired) electrons. The minimum absolute atomic E-state index is 0.114. The maximum absolute atomic E-state index is 11.6. The van der Waals surface area contributed by atoms with Gasteiger partial charge < -0.3 is 14.9 Å². The number of ether oxygens (including phenoxy) is 1. The minimum Gasteiger partial charge on any atom is -0.463 e. The molecular formula is C15H26O4. The van der Waals surface area contributed by atoms with E-state index >= 15 is 0 Å². The highest BCUT2D eigenvalue weighted by Crippen LogP contribution is 2.23. The zero-order valence-electron chi connectivity index (χ0n) is 12.2. The van der Waals surface area contributed by atoms with Gasteiger partial charge in [0.15, 0.2) is 0 Å². The van der Waals surface area contributed by atoms with Gasteiger partial charge in [-0.15, -0.1) is 13.2 Å². The van der Waals surface area contributed by atoms with Crippen LogP contribution in [0.3, 0.4) is 0 Å². The number of carbonyl (C=O) groups excluding carboxylic acids is 1. The molecule has 0 saturated carbocycles. The topological polar surface area (TPSA) is 66.8 Å². The highest BCUT2D eigenvalue weighted by Gasteiger charge is 2.29. The van der Waals surface area contributed by atoms with E-state index in [0.717, 1.165) is 0 Å². The molecule has 0 bridgehead atoms. The van der Waals surface area contributed by atoms with Crippen LogP contribution >= 0.6 is 0 Å². The maximum atomic E-state index is 11.6. The van der Waals surface area contributed by atoms with Gasteiger partial charge in [-0.25, -0.2) is 0 Å². The molecule has 0 rings (SSSR count). The molecule has 110 valence electrons. The summed E-state index contributed by atoms with van der Waals surface area (Å²) in [5, 5.41) is 20.1. The summed E-state index contributed by atoms with van der Waals surface area (Å²) < 4.78 is 5.02. The predicted octanol–water partition coefficient (Wildman–Crippen LogP) is 2.21. The van der Waals surface area contributed by atoms with Crippen LogP contribution in [0.5, 0.6) is 0 Å². The van der Waals surface area contributed by atoms with Gasteiger partial charge in [0.05, 0.1) is 17.1 Å². The SMILES string of the molecule is C=CCC(O)(CC=C)C[C@H](O)COC(=O)C(C)(C)C. The van der Waals surface area contributed by atoms with Crippen LogP contribution in [-0.4, -0.2) is 34.5 Å². The van der Waals surface area contributed by atoms with Crippen LogP contribution in [-0.2, 0) is 9.53 Å². The summed E-state index contributed by atoms with van der Waals surface area (Å²) in [6, 6.07) is 0. The van der Waals surface area contributed by atoms with E-state index in [1.165, 1.54) is 0 Å². The van der Waals surface area contributed by atoms with Crippen LogP contribution in [0.1, 0.15) is 40.0 Å². The Morgan fingerprint density at radius 3 is 2.11 bits per heavy atom. The van der Waals surface area contributed by atoms with Crippen molar-refractivity contribution in [1.29, 1.82) is 0 Å². The lowest BCUT2D eigenvalue weighted by atomic mass is 9.89. The van der Waals surface area contributed by atoms with Crippen LogP contribution in [0.25, 0.3) is 0 Å². The van der Waals surface area contributed by atoms with E-state index in [1.807, 2.05) is 0 Å². The summed E-state index contributed by atoms with van der Waals surface area (Å²) in [5.41, 5.74) is -1.69. The number of esters is 1. The first kappa shape index (κ1) is 17.9. The third-order valence-electron chi connectivity index (χ3n) is 2.68. The Morgan fingerprint density at radius 1 is 1.26 bits per heavy atom. The van der Waals surface area contributed by atoms with Crippen molar-refractivity contribution in [3.63, 3.8) is 0 Å². The quantitative estimate of drug-likeness (QED) is 0.524. The van der Waals surface area contributed by atoms with Gasteiger partial charge in [-0.05, 0) is 33.6 Å². The number of hydrogen-bond donors (Lipinski definition) is 2. The monoisotopic (exact) mass is 270 g/mol. The van der Waals surface area contributed by atoms with E-state index in [-0.39, 0.29) is 19.0 Å². The molecule has 0 aromatic heterocycles. The van der Waals surface area contributed by atoms with Crippen LogP contribution in [0, 0.1) is 5.41 Å². The molecule has 19 heavy (non-hydrogen) atoms. The molecule has 4 nitrogen and oxygen atoms in total. The number of aliphatic hydroxyl groups is 2. The Balaban J connectivity index is 4.35. The second-order valence-corrected chi connectivity index (χ2v) is 5.92. The Kier molecular flexibility index (Phi) is 7.01. The van der Waals surface area contributed by atoms with Gasteiger partial charge in [0.25, 0.3) is 0 Å². The fourth-order valence-electron chi connectivity index (χ4n) is 1.67. The largest absolute Gasteiger partial charge is 0.463 e. The molecule has 0 aromatic rings. The van der Waals surface area contributed by atoms with Gasteiger partial charge in [0.1, 0.15) is 6.61 Å². The molecular weight excluding hydrogens is 244 g/mol. The van der Waals surface area contributed by atoms with Crippen molar-refractivity contribution in [1.82, 2.24) is 0 Å². The molecule has 2 N–H and O–H groups in total. The Bertz CT molecular complexity index is 305. The fraction of sp³-hybridized carbons (Fsp3) is 0.667. The van der Waals surface area contributed by atoms with Gasteiger partial charge in [-0.1, -0.05) is 12.2 Å². The zero-order valence-corrected chi connectivity index (χ0v) is 12.2. The Labute approximate surface area is 115 Å². The van der Waals surface area contributed by atoms with Crippen molar-refractivity contribution < 1.29 is 19.7 Å². The second kappa shape index (κ2) is 7.46. The molecule has 0 spiro atoms. The standard InChI is InChI=1S/C15H26O4/c1-6-8-15(18,9-7-2)10-12(16)11-19-13(17)14(3,4)5/h6-7,12,16,18H,1-2,8-11H2,3-5H3/t12-/m0/s1. The Morgan fingerprint density at radius 2 is 1.74 bits per heavy atom. The van der Waals surface area contributed by atoms with E-state index in [4.69, 9.17) is 4.74 Å². The van der Waals surface area contributed by atoms with Crippen molar-refractivity contribution in [2.24, 2.45) is 5.41 Å². The number of carbonyl (C=O) groups is 1. The van der Waals surface area contributed by atoms with E-state index in [0.29, 0.717) is 12.8 Å². The summed E-state index contributed by atoms with van der Waals surface area (Å²) >= 11 is 0. The van der Waals surface area contributed by atoms with E-state index < -0.39 is 17.1 Å². The van der Waals surface area contributed by atoms with E-state index in [1.54, 1.807) is 32.9 Å². The van der Waals surface area contributed by atoms with Crippen molar-refractivity contribution in [2.75, 3.05) is 6.61 Å². The van der Waals surface area contributed by atoms with Crippen molar-refractivity contribution in [3.05, 3.63) is 25.3 Å². The van der Waals surface area contributed by atoms with Crippen molar-refractivity contribution in [2.45, 2.75) is 51.7 Å². The number of rotatable bonds is 8. The summed E-state index contributed by atoms with van der Waals surface area (Å²) in [7, 11) is 0. The van der Waals surface area contributed by atoms with Crippen LogP contribution in [0.2, 0.25) is 0 Å². The summed E-state index contributed by atoms with van der Waals surface area (Å²) in [5.74, 6) is -0.373. The lowest BCUT2D eigenvalue weighted by Crippen LogP contribution is -2.35. The molecule has 0 saturated heterocycles. The zero-order chi connectivity index (χ0) is 15.1. The lowest BCUT2D eigenvalue weighted by molar-refractivity contribution is -0.157. The van der Waals surface area contributed by atoms with E-state index in [9.17, 15) is 15.0 Å². The molecule has 0 aromatic carbocycles. The highest BCUT2D eigenvalue weighted by molar-refractivity contribution is 5.75. The van der Waals surface area contributed by atoms with Gasteiger partial charge in [-0.3, -0.25) is 4.79 Å². The maximum Gasteiger partial charge on any atom is 0.311 e. The molecule has 1 atom stereocenters. The molecule has 0 aliphatic carbocycles. The molecule has 0 heterocycles. The highest BCUT2D eigenvalue weighted by atomic mass is 16.5. The van der Waals surface area contributed by atoms with E-state index in [2.05, 4.69) is 13.2 Å².